The maximum Gasteiger partial charge on any atom is 0.320 e. The van der Waals surface area contributed by atoms with Gasteiger partial charge in [-0.3, -0.25) is 29.7 Å². The molecule has 0 atom stereocenters. The van der Waals surface area contributed by atoms with Crippen molar-refractivity contribution >= 4 is 39.4 Å². The van der Waals surface area contributed by atoms with Crippen LogP contribution in [0.3, 0.4) is 0 Å². The third-order valence-corrected chi connectivity index (χ3v) is 4.70. The van der Waals surface area contributed by atoms with E-state index in [0.717, 1.165) is 10.7 Å². The minimum Gasteiger partial charge on any atom is -0.496 e. The smallest absolute Gasteiger partial charge is 0.320 e. The van der Waals surface area contributed by atoms with E-state index in [1.807, 2.05) is 0 Å². The Morgan fingerprint density at radius 1 is 1.22 bits per heavy atom. The van der Waals surface area contributed by atoms with E-state index in [-0.39, 0.29) is 12.2 Å². The summed E-state index contributed by atoms with van der Waals surface area (Å²) in [6.07, 6.45) is 2.44. The van der Waals surface area contributed by atoms with Gasteiger partial charge in [0.2, 0.25) is 5.69 Å². The molecule has 1 aromatic heterocycles. The van der Waals surface area contributed by atoms with E-state index < -0.39 is 27.1 Å². The zero-order valence-electron chi connectivity index (χ0n) is 16.5. The Hall–Kier alpha value is -4.13. The molecule has 13 heteroatoms. The number of hydrazone groups is 1. The van der Waals surface area contributed by atoms with E-state index in [9.17, 15) is 25.0 Å². The average molecular weight is 503 g/mol. The van der Waals surface area contributed by atoms with Crippen LogP contribution in [0.25, 0.3) is 0 Å². The molecule has 32 heavy (non-hydrogen) atoms. The van der Waals surface area contributed by atoms with E-state index in [4.69, 9.17) is 4.74 Å². The second kappa shape index (κ2) is 9.78. The van der Waals surface area contributed by atoms with Crippen LogP contribution in [0, 0.1) is 20.2 Å². The summed E-state index contributed by atoms with van der Waals surface area (Å²) in [6.45, 7) is 0.0740. The summed E-state index contributed by atoms with van der Waals surface area (Å²) in [5, 5.41) is 29.9. The molecule has 0 aliphatic rings. The number of methoxy groups -OCH3 is 1. The number of hydrogen-bond acceptors (Lipinski definition) is 8. The molecule has 0 saturated heterocycles. The summed E-state index contributed by atoms with van der Waals surface area (Å²) < 4.78 is 7.18. The molecule has 164 valence electrons. The van der Waals surface area contributed by atoms with Gasteiger partial charge in [-0.2, -0.15) is 10.2 Å². The molecule has 0 spiro atoms. The second-order valence-electron chi connectivity index (χ2n) is 6.33. The average Bonchev–Trinajstić information content (AvgIpc) is 3.18. The zero-order valence-corrected chi connectivity index (χ0v) is 18.1. The summed E-state index contributed by atoms with van der Waals surface area (Å²) in [4.78, 5) is 33.3. The topological polar surface area (TPSA) is 155 Å². The van der Waals surface area contributed by atoms with Gasteiger partial charge in [0, 0.05) is 22.2 Å². The molecule has 0 fully saturated rings. The molecule has 12 nitrogen and oxygen atoms in total. The summed E-state index contributed by atoms with van der Waals surface area (Å²) in [7, 11) is 1.49. The number of benzene rings is 2. The molecule has 0 saturated carbocycles. The highest BCUT2D eigenvalue weighted by Crippen LogP contribution is 2.22. The quantitative estimate of drug-likeness (QED) is 0.281. The highest BCUT2D eigenvalue weighted by Gasteiger charge is 2.25. The van der Waals surface area contributed by atoms with Gasteiger partial charge in [-0.1, -0.05) is 28.1 Å². The van der Waals surface area contributed by atoms with Crippen molar-refractivity contribution in [2.45, 2.75) is 6.54 Å². The van der Waals surface area contributed by atoms with Crippen LogP contribution < -0.4 is 10.2 Å². The number of nitrogens with one attached hydrogen (secondary N) is 1. The fourth-order valence-electron chi connectivity index (χ4n) is 2.72. The number of halogens is 1. The summed E-state index contributed by atoms with van der Waals surface area (Å²) in [6, 6.07) is 10.8. The fraction of sp³-hybridized carbons (Fsp3) is 0.105. The number of non-ortho nitro benzene ring substituents is 1. The lowest BCUT2D eigenvalue weighted by molar-refractivity contribution is -0.385. The molecule has 0 unspecified atom stereocenters. The van der Waals surface area contributed by atoms with Crippen LogP contribution in [-0.2, 0) is 6.54 Å². The number of ether oxygens (including phenoxy) is 1. The first kappa shape index (κ1) is 22.6. The Morgan fingerprint density at radius 2 is 1.94 bits per heavy atom. The number of rotatable bonds is 8. The van der Waals surface area contributed by atoms with Gasteiger partial charge in [0.15, 0.2) is 0 Å². The van der Waals surface area contributed by atoms with Gasteiger partial charge >= 0.3 is 5.69 Å². The maximum atomic E-state index is 12.4. The highest BCUT2D eigenvalue weighted by molar-refractivity contribution is 9.10. The Bertz CT molecular complexity index is 1210. The van der Waals surface area contributed by atoms with Crippen LogP contribution in [0.5, 0.6) is 5.75 Å². The number of amides is 1. The lowest BCUT2D eigenvalue weighted by atomic mass is 10.2. The normalized spacial score (nSPS) is 10.8. The van der Waals surface area contributed by atoms with Crippen molar-refractivity contribution in [3.05, 3.63) is 90.2 Å². The first-order chi connectivity index (χ1) is 15.3. The van der Waals surface area contributed by atoms with Crippen LogP contribution >= 0.6 is 15.9 Å². The molecule has 3 aromatic rings. The predicted octanol–water partition coefficient (Wildman–Crippen LogP) is 3.28. The van der Waals surface area contributed by atoms with Crippen LogP contribution in [0.1, 0.15) is 21.6 Å². The maximum absolute atomic E-state index is 12.4. The van der Waals surface area contributed by atoms with Crippen molar-refractivity contribution < 1.29 is 19.4 Å². The van der Waals surface area contributed by atoms with Gasteiger partial charge in [0.25, 0.3) is 11.6 Å². The van der Waals surface area contributed by atoms with Crippen molar-refractivity contribution in [1.29, 1.82) is 0 Å². The molecule has 3 rings (SSSR count). The van der Waals surface area contributed by atoms with Crippen molar-refractivity contribution in [3.63, 3.8) is 0 Å². The third kappa shape index (κ3) is 5.31. The molecule has 0 bridgehead atoms. The number of nitrogens with zero attached hydrogens (tertiary/aromatic N) is 5. The van der Waals surface area contributed by atoms with Crippen LogP contribution in [0.4, 0.5) is 11.4 Å². The van der Waals surface area contributed by atoms with Gasteiger partial charge in [-0.05, 0) is 23.8 Å². The van der Waals surface area contributed by atoms with E-state index in [1.54, 1.807) is 18.2 Å². The fourth-order valence-corrected chi connectivity index (χ4v) is 3.10. The van der Waals surface area contributed by atoms with E-state index in [1.165, 1.54) is 42.3 Å². The van der Waals surface area contributed by atoms with Crippen LogP contribution in [0.2, 0.25) is 0 Å². The standard InChI is InChI=1S/C19H15BrN6O6/c1-32-17-7-4-14(20)8-13(17)9-21-22-19(27)18-16(26(30)31)11-24(23-18)10-12-2-5-15(6-3-12)25(28)29/h2-9,11H,10H2,1H3,(H,22,27)/b21-9+. The van der Waals surface area contributed by atoms with Gasteiger partial charge in [-0.25, -0.2) is 5.43 Å². The van der Waals surface area contributed by atoms with Crippen LogP contribution in [-0.4, -0.2) is 38.9 Å². The number of nitro benzene ring substituents is 1. The van der Waals surface area contributed by atoms with Crippen molar-refractivity contribution in [1.82, 2.24) is 15.2 Å². The minimum absolute atomic E-state index is 0.0740. The molecule has 0 radical (unpaired) electrons. The number of carbonyl (C=O) groups excluding carboxylic acids is 1. The lowest BCUT2D eigenvalue weighted by Crippen LogP contribution is -2.19. The largest absolute Gasteiger partial charge is 0.496 e. The van der Waals surface area contributed by atoms with E-state index >= 15 is 0 Å². The Morgan fingerprint density at radius 3 is 2.56 bits per heavy atom. The molecule has 2 aromatic carbocycles. The second-order valence-corrected chi connectivity index (χ2v) is 7.24. The van der Waals surface area contributed by atoms with Crippen molar-refractivity contribution in [2.24, 2.45) is 5.10 Å². The molecular formula is C19H15BrN6O6. The molecule has 1 amide bonds. The summed E-state index contributed by atoms with van der Waals surface area (Å²) in [5.41, 5.74) is 2.39. The first-order valence-corrected chi connectivity index (χ1v) is 9.70. The minimum atomic E-state index is -0.871. The van der Waals surface area contributed by atoms with Crippen molar-refractivity contribution in [2.75, 3.05) is 7.11 Å². The first-order valence-electron chi connectivity index (χ1n) is 8.90. The summed E-state index contributed by atoms with van der Waals surface area (Å²) in [5.74, 6) is -0.353. The van der Waals surface area contributed by atoms with Gasteiger partial charge in [-0.15, -0.1) is 0 Å². The van der Waals surface area contributed by atoms with Gasteiger partial charge < -0.3 is 4.74 Å². The number of nitro groups is 2. The highest BCUT2D eigenvalue weighted by atomic mass is 79.9. The van der Waals surface area contributed by atoms with E-state index in [0.29, 0.717) is 16.9 Å². The monoisotopic (exact) mass is 502 g/mol. The summed E-state index contributed by atoms with van der Waals surface area (Å²) >= 11 is 3.32. The van der Waals surface area contributed by atoms with Gasteiger partial charge in [0.1, 0.15) is 11.9 Å². The number of carbonyl (C=O) groups is 1. The Kier molecular flexibility index (Phi) is 6.90. The number of aromatic nitrogens is 2. The third-order valence-electron chi connectivity index (χ3n) is 4.21. The molecule has 0 aliphatic heterocycles. The van der Waals surface area contributed by atoms with Gasteiger partial charge in [0.05, 0.1) is 29.7 Å². The number of hydrogen-bond donors (Lipinski definition) is 1. The molecular weight excluding hydrogens is 488 g/mol. The van der Waals surface area contributed by atoms with Crippen molar-refractivity contribution in [3.8, 4) is 5.75 Å². The van der Waals surface area contributed by atoms with E-state index in [2.05, 4.69) is 31.6 Å². The molecule has 1 N–H and O–H groups in total. The Balaban J connectivity index is 1.77. The lowest BCUT2D eigenvalue weighted by Gasteiger charge is -2.04. The molecule has 0 aliphatic carbocycles. The molecule has 1 heterocycles. The predicted molar refractivity (Wildman–Crippen MR) is 117 cm³/mol. The zero-order chi connectivity index (χ0) is 23.3. The SMILES string of the molecule is COc1ccc(Br)cc1/C=N/NC(=O)c1nn(Cc2ccc([N+](=O)[O-])cc2)cc1[N+](=O)[O-]. The van der Waals surface area contributed by atoms with Crippen LogP contribution in [0.15, 0.2) is 58.2 Å². The Labute approximate surface area is 188 Å².